The fourth-order valence-corrected chi connectivity index (χ4v) is 8.35. The average molecular weight is 873 g/mol. The molecule has 0 saturated heterocycles. The summed E-state index contributed by atoms with van der Waals surface area (Å²) in [6.07, 6.45) is 4.47. The zero-order chi connectivity index (χ0) is 35.7. The second kappa shape index (κ2) is 15.5. The normalized spacial score (nSPS) is 11.4. The van der Waals surface area contributed by atoms with Crippen molar-refractivity contribution in [3.05, 3.63) is 137 Å². The first-order valence-corrected chi connectivity index (χ1v) is 20.5. The Morgan fingerprint density at radius 1 is 0.784 bits per heavy atom. The molecule has 3 heterocycles. The number of aromatic nitrogens is 2. The summed E-state index contributed by atoms with van der Waals surface area (Å²) in [6.45, 7) is 17.7. The van der Waals surface area contributed by atoms with Gasteiger partial charge in [-0.1, -0.05) is 79.8 Å². The second-order valence-electron chi connectivity index (χ2n) is 14.5. The number of fused-ring (bicyclic) bond motifs is 3. The summed E-state index contributed by atoms with van der Waals surface area (Å²) in [4.78, 5) is 9.00. The van der Waals surface area contributed by atoms with Crippen molar-refractivity contribution in [3.8, 4) is 33.6 Å². The van der Waals surface area contributed by atoms with Crippen LogP contribution >= 0.6 is 0 Å². The molecular formula is C44H42F2IrN2OSi-2. The Balaban J connectivity index is 0.000000211. The minimum atomic E-state index is -1.34. The molecule has 1 radical (unpaired) electrons. The maximum Gasteiger partial charge on any atom is 0.147 e. The summed E-state index contributed by atoms with van der Waals surface area (Å²) in [6, 6.07) is 30.7. The van der Waals surface area contributed by atoms with Crippen LogP contribution in [0.15, 0.2) is 95.7 Å². The van der Waals surface area contributed by atoms with Gasteiger partial charge in [-0.15, -0.1) is 54.1 Å². The van der Waals surface area contributed by atoms with E-state index in [9.17, 15) is 8.78 Å². The van der Waals surface area contributed by atoms with Crippen molar-refractivity contribution in [1.82, 2.24) is 9.97 Å². The molecule has 0 amide bonds. The molecule has 4 aromatic carbocycles. The van der Waals surface area contributed by atoms with Crippen LogP contribution in [0.4, 0.5) is 8.78 Å². The van der Waals surface area contributed by atoms with Crippen molar-refractivity contribution in [3.63, 3.8) is 0 Å². The van der Waals surface area contributed by atoms with Gasteiger partial charge < -0.3 is 14.4 Å². The van der Waals surface area contributed by atoms with Crippen LogP contribution in [0.5, 0.6) is 0 Å². The fraction of sp³-hybridized carbons (Fsp3) is 0.227. The van der Waals surface area contributed by atoms with Gasteiger partial charge in [-0.05, 0) is 78.5 Å². The molecule has 3 aromatic heterocycles. The summed E-state index contributed by atoms with van der Waals surface area (Å²) in [5.41, 5.74) is 10.3. The second-order valence-corrected chi connectivity index (χ2v) is 19.6. The van der Waals surface area contributed by atoms with Gasteiger partial charge in [0.25, 0.3) is 0 Å². The van der Waals surface area contributed by atoms with E-state index in [1.807, 2.05) is 57.2 Å². The number of hydrogen-bond donors (Lipinski definition) is 0. The van der Waals surface area contributed by atoms with Crippen LogP contribution in [0.3, 0.4) is 0 Å². The number of hydrogen-bond acceptors (Lipinski definition) is 3. The van der Waals surface area contributed by atoms with E-state index in [1.165, 1.54) is 29.1 Å². The van der Waals surface area contributed by atoms with Gasteiger partial charge in [0, 0.05) is 43.3 Å². The van der Waals surface area contributed by atoms with Gasteiger partial charge in [-0.25, -0.2) is 8.78 Å². The van der Waals surface area contributed by atoms with E-state index in [1.54, 1.807) is 18.2 Å². The van der Waals surface area contributed by atoms with Gasteiger partial charge in [-0.3, -0.25) is 0 Å². The number of pyridine rings is 2. The third-order valence-electron chi connectivity index (χ3n) is 8.86. The average Bonchev–Trinajstić information content (AvgIpc) is 3.43. The molecule has 0 unspecified atom stereocenters. The standard InChI is InChI=1S/C26H18F2NO.C18H24NSi.Ir/c1-14-9-15(2)25(16(3)10-14)21-12-23(29-13-22(21)28)20-6-4-5-19-18-8-7-17(27)11-24(18)30-26(19)20;1-14(2)11-16-12-17(15-9-7-6-8-10-15)19-13-18(16)20(3,4)5;/h4-5,7-13H,1-3H3;6-9,12-14H,11H2,1-5H3;/q2*-1;. The summed E-state index contributed by atoms with van der Waals surface area (Å²) >= 11 is 0. The van der Waals surface area contributed by atoms with Crippen molar-refractivity contribution in [2.75, 3.05) is 0 Å². The number of halogens is 2. The van der Waals surface area contributed by atoms with E-state index >= 15 is 0 Å². The van der Waals surface area contributed by atoms with Gasteiger partial charge in [0.15, 0.2) is 0 Å². The summed E-state index contributed by atoms with van der Waals surface area (Å²) in [7, 11) is -1.34. The maximum atomic E-state index is 14.8. The number of furan rings is 1. The molecule has 0 atom stereocenters. The topological polar surface area (TPSA) is 38.9 Å². The van der Waals surface area contributed by atoms with E-state index in [4.69, 9.17) is 4.42 Å². The van der Waals surface area contributed by atoms with Crippen LogP contribution in [-0.4, -0.2) is 18.0 Å². The van der Waals surface area contributed by atoms with Crippen LogP contribution in [0.25, 0.3) is 55.6 Å². The zero-order valence-corrected chi connectivity index (χ0v) is 33.7. The third kappa shape index (κ3) is 8.28. The molecular weight excluding hydrogens is 831 g/mol. The quantitative estimate of drug-likeness (QED) is 0.123. The van der Waals surface area contributed by atoms with E-state index in [0.717, 1.165) is 50.7 Å². The fourth-order valence-electron chi connectivity index (χ4n) is 6.76. The van der Waals surface area contributed by atoms with Gasteiger partial charge in [-0.2, -0.15) is 0 Å². The Kier molecular flexibility index (Phi) is 11.6. The van der Waals surface area contributed by atoms with Gasteiger partial charge >= 0.3 is 0 Å². The van der Waals surface area contributed by atoms with E-state index in [0.29, 0.717) is 33.9 Å². The minimum absolute atomic E-state index is 0. The molecule has 0 N–H and O–H groups in total. The minimum Gasteiger partial charge on any atom is -0.500 e. The number of rotatable bonds is 6. The molecule has 51 heavy (non-hydrogen) atoms. The first kappa shape index (κ1) is 37.9. The van der Waals surface area contributed by atoms with Crippen LogP contribution in [0.1, 0.15) is 36.1 Å². The molecule has 7 heteroatoms. The van der Waals surface area contributed by atoms with E-state index in [2.05, 4.69) is 73.9 Å². The molecule has 0 spiro atoms. The van der Waals surface area contributed by atoms with Crippen molar-refractivity contribution < 1.29 is 33.3 Å². The molecule has 0 bridgehead atoms. The number of benzene rings is 4. The molecule has 0 saturated carbocycles. The van der Waals surface area contributed by atoms with Gasteiger partial charge in [0.2, 0.25) is 0 Å². The Hall–Kier alpha value is -4.29. The zero-order valence-electron chi connectivity index (χ0n) is 30.3. The smallest absolute Gasteiger partial charge is 0.147 e. The Bertz CT molecular complexity index is 2300. The van der Waals surface area contributed by atoms with Crippen molar-refractivity contribution in [2.24, 2.45) is 5.92 Å². The molecule has 7 rings (SSSR count). The monoisotopic (exact) mass is 873 g/mol. The van der Waals surface area contributed by atoms with Crippen LogP contribution in [-0.2, 0) is 26.5 Å². The first-order valence-electron chi connectivity index (χ1n) is 17.0. The Labute approximate surface area is 314 Å². The largest absolute Gasteiger partial charge is 0.500 e. The molecule has 0 aliphatic heterocycles. The SMILES string of the molecule is CC(C)Cc1cc(-c2[c-]cccc2)ncc1[Si](C)(C)C.Cc1cc(C)c(-c2cc(-c3[c-]ccc4c3oc3cc(F)ccc34)ncc2F)c(C)c1.[Ir]. The molecule has 0 fully saturated rings. The summed E-state index contributed by atoms with van der Waals surface area (Å²) in [5.74, 6) is -0.0765. The van der Waals surface area contributed by atoms with Crippen molar-refractivity contribution in [2.45, 2.75) is 60.7 Å². The van der Waals surface area contributed by atoms with Crippen LogP contribution in [0, 0.1) is 50.5 Å². The number of aryl methyl sites for hydroxylation is 3. The van der Waals surface area contributed by atoms with Gasteiger partial charge in [0.05, 0.1) is 19.9 Å². The summed E-state index contributed by atoms with van der Waals surface area (Å²) in [5, 5.41) is 3.15. The third-order valence-corrected chi connectivity index (χ3v) is 10.9. The van der Waals surface area contributed by atoms with Crippen molar-refractivity contribution in [1.29, 1.82) is 0 Å². The molecule has 3 nitrogen and oxygen atoms in total. The Morgan fingerprint density at radius 3 is 2.18 bits per heavy atom. The van der Waals surface area contributed by atoms with Crippen LogP contribution in [0.2, 0.25) is 19.6 Å². The van der Waals surface area contributed by atoms with Crippen molar-refractivity contribution >= 4 is 35.2 Å². The van der Waals surface area contributed by atoms with Crippen LogP contribution < -0.4 is 5.19 Å². The first-order chi connectivity index (χ1) is 23.8. The van der Waals surface area contributed by atoms with Gasteiger partial charge in [0.1, 0.15) is 17.2 Å². The van der Waals surface area contributed by atoms with E-state index in [-0.39, 0.29) is 31.7 Å². The van der Waals surface area contributed by atoms with E-state index < -0.39 is 8.07 Å². The predicted octanol–water partition coefficient (Wildman–Crippen LogP) is 11.6. The molecule has 0 aliphatic rings. The molecule has 7 aromatic rings. The Morgan fingerprint density at radius 2 is 1.51 bits per heavy atom. The molecule has 263 valence electrons. The predicted molar refractivity (Wildman–Crippen MR) is 205 cm³/mol. The summed E-state index contributed by atoms with van der Waals surface area (Å²) < 4.78 is 34.4. The maximum absolute atomic E-state index is 14.8. The molecule has 0 aliphatic carbocycles. The number of nitrogens with zero attached hydrogens (tertiary/aromatic N) is 2.